The van der Waals surface area contributed by atoms with Crippen LogP contribution in [-0.2, 0) is 9.59 Å². The van der Waals surface area contributed by atoms with Gasteiger partial charge in [0.25, 0.3) is 5.91 Å². The van der Waals surface area contributed by atoms with Gasteiger partial charge in [-0.1, -0.05) is 19.1 Å². The molecule has 0 spiro atoms. The Morgan fingerprint density at radius 2 is 1.76 bits per heavy atom. The Kier molecular flexibility index (Phi) is 6.39. The smallest absolute Gasteiger partial charge is 0.313 e. The summed E-state index contributed by atoms with van der Waals surface area (Å²) in [5.41, 5.74) is 0.634. The van der Waals surface area contributed by atoms with Gasteiger partial charge in [-0.05, 0) is 32.4 Å². The van der Waals surface area contributed by atoms with Crippen LogP contribution >= 0.6 is 0 Å². The van der Waals surface area contributed by atoms with E-state index < -0.39 is 11.8 Å². The Labute approximate surface area is 124 Å². The van der Waals surface area contributed by atoms with E-state index >= 15 is 0 Å². The predicted octanol–water partition coefficient (Wildman–Crippen LogP) is 1.29. The SMILES string of the molecule is CCCNC(=O)C(=O)Nc1ccccc1C(=O)NC(C)C. The molecule has 114 valence electrons. The van der Waals surface area contributed by atoms with Crippen LogP contribution < -0.4 is 16.0 Å². The highest BCUT2D eigenvalue weighted by molar-refractivity contribution is 6.40. The number of benzene rings is 1. The van der Waals surface area contributed by atoms with Crippen molar-refractivity contribution in [2.45, 2.75) is 33.2 Å². The monoisotopic (exact) mass is 291 g/mol. The zero-order valence-electron chi connectivity index (χ0n) is 12.5. The average molecular weight is 291 g/mol. The summed E-state index contributed by atoms with van der Waals surface area (Å²) in [7, 11) is 0. The maximum absolute atomic E-state index is 12.0. The second-order valence-corrected chi connectivity index (χ2v) is 4.88. The first kappa shape index (κ1) is 16.7. The van der Waals surface area contributed by atoms with Gasteiger partial charge < -0.3 is 16.0 Å². The van der Waals surface area contributed by atoms with Crippen LogP contribution in [0.25, 0.3) is 0 Å². The molecule has 6 nitrogen and oxygen atoms in total. The number of carbonyl (C=O) groups excluding carboxylic acids is 3. The minimum absolute atomic E-state index is 0.0193. The molecule has 0 atom stereocenters. The Morgan fingerprint density at radius 1 is 1.10 bits per heavy atom. The van der Waals surface area contributed by atoms with Gasteiger partial charge in [0.15, 0.2) is 0 Å². The lowest BCUT2D eigenvalue weighted by Gasteiger charge is -2.13. The lowest BCUT2D eigenvalue weighted by molar-refractivity contribution is -0.136. The van der Waals surface area contributed by atoms with Crippen molar-refractivity contribution in [3.05, 3.63) is 29.8 Å². The number of amides is 3. The molecule has 0 radical (unpaired) electrons. The van der Waals surface area contributed by atoms with Crippen LogP contribution in [0.15, 0.2) is 24.3 Å². The third-order valence-electron chi connectivity index (χ3n) is 2.58. The van der Waals surface area contributed by atoms with Crippen molar-refractivity contribution < 1.29 is 14.4 Å². The highest BCUT2D eigenvalue weighted by Crippen LogP contribution is 2.15. The van der Waals surface area contributed by atoms with E-state index in [9.17, 15) is 14.4 Å². The number of anilines is 1. The molecule has 0 unspecified atom stereocenters. The van der Waals surface area contributed by atoms with Gasteiger partial charge in [0.05, 0.1) is 11.3 Å². The van der Waals surface area contributed by atoms with Gasteiger partial charge in [0.1, 0.15) is 0 Å². The van der Waals surface area contributed by atoms with Crippen LogP contribution in [0.3, 0.4) is 0 Å². The van der Waals surface area contributed by atoms with E-state index in [1.165, 1.54) is 0 Å². The summed E-state index contributed by atoms with van der Waals surface area (Å²) < 4.78 is 0. The zero-order chi connectivity index (χ0) is 15.8. The fourth-order valence-corrected chi connectivity index (χ4v) is 1.63. The molecule has 0 aliphatic carbocycles. The van der Waals surface area contributed by atoms with Crippen molar-refractivity contribution in [3.8, 4) is 0 Å². The molecule has 0 saturated carbocycles. The zero-order valence-corrected chi connectivity index (χ0v) is 12.5. The van der Waals surface area contributed by atoms with Gasteiger partial charge in [-0.25, -0.2) is 0 Å². The standard InChI is InChI=1S/C15H21N3O3/c1-4-9-16-14(20)15(21)18-12-8-6-5-7-11(12)13(19)17-10(2)3/h5-8,10H,4,9H2,1-3H3,(H,16,20)(H,17,19)(H,18,21). The molecule has 3 amide bonds. The second kappa shape index (κ2) is 8.04. The molecule has 0 saturated heterocycles. The highest BCUT2D eigenvalue weighted by atomic mass is 16.2. The molecule has 1 rings (SSSR count). The molecule has 21 heavy (non-hydrogen) atoms. The maximum atomic E-state index is 12.0. The van der Waals surface area contributed by atoms with E-state index in [0.717, 1.165) is 6.42 Å². The molecule has 0 heterocycles. The molecule has 3 N–H and O–H groups in total. The largest absolute Gasteiger partial charge is 0.350 e. The molecule has 0 bridgehead atoms. The summed E-state index contributed by atoms with van der Waals surface area (Å²) in [6.45, 7) is 6.01. The quantitative estimate of drug-likeness (QED) is 0.714. The second-order valence-electron chi connectivity index (χ2n) is 4.88. The van der Waals surface area contributed by atoms with Gasteiger partial charge >= 0.3 is 11.8 Å². The van der Waals surface area contributed by atoms with E-state index in [2.05, 4.69) is 16.0 Å². The van der Waals surface area contributed by atoms with Gasteiger partial charge in [-0.2, -0.15) is 0 Å². The summed E-state index contributed by atoms with van der Waals surface area (Å²) >= 11 is 0. The summed E-state index contributed by atoms with van der Waals surface area (Å²) in [5.74, 6) is -1.79. The Hall–Kier alpha value is -2.37. The van der Waals surface area contributed by atoms with Crippen LogP contribution in [0.1, 0.15) is 37.6 Å². The third-order valence-corrected chi connectivity index (χ3v) is 2.58. The fourth-order valence-electron chi connectivity index (χ4n) is 1.63. The van der Waals surface area contributed by atoms with E-state index in [1.54, 1.807) is 24.3 Å². The number of para-hydroxylation sites is 1. The van der Waals surface area contributed by atoms with E-state index in [1.807, 2.05) is 20.8 Å². The molecule has 0 aromatic heterocycles. The van der Waals surface area contributed by atoms with Crippen molar-refractivity contribution in [2.24, 2.45) is 0 Å². The molecular weight excluding hydrogens is 270 g/mol. The van der Waals surface area contributed by atoms with Crippen LogP contribution in [-0.4, -0.2) is 30.3 Å². The average Bonchev–Trinajstić information content (AvgIpc) is 2.44. The lowest BCUT2D eigenvalue weighted by Crippen LogP contribution is -2.36. The number of nitrogens with one attached hydrogen (secondary N) is 3. The topological polar surface area (TPSA) is 87.3 Å². The van der Waals surface area contributed by atoms with Gasteiger partial charge in [-0.3, -0.25) is 14.4 Å². The molecule has 1 aromatic carbocycles. The first-order chi connectivity index (χ1) is 9.95. The van der Waals surface area contributed by atoms with Crippen molar-refractivity contribution in [2.75, 3.05) is 11.9 Å². The summed E-state index contributed by atoms with van der Waals surface area (Å²) in [4.78, 5) is 35.3. The fraction of sp³-hybridized carbons (Fsp3) is 0.400. The first-order valence-corrected chi connectivity index (χ1v) is 6.94. The number of rotatable bonds is 5. The van der Waals surface area contributed by atoms with Gasteiger partial charge in [0, 0.05) is 12.6 Å². The minimum atomic E-state index is -0.784. The van der Waals surface area contributed by atoms with Crippen LogP contribution in [0, 0.1) is 0 Å². The summed E-state index contributed by atoms with van der Waals surface area (Å²) in [6.07, 6.45) is 0.742. The molecule has 0 aliphatic rings. The Balaban J connectivity index is 2.82. The minimum Gasteiger partial charge on any atom is -0.350 e. The maximum Gasteiger partial charge on any atom is 0.313 e. The van der Waals surface area contributed by atoms with Crippen molar-refractivity contribution in [1.82, 2.24) is 10.6 Å². The van der Waals surface area contributed by atoms with Crippen LogP contribution in [0.2, 0.25) is 0 Å². The van der Waals surface area contributed by atoms with E-state index in [-0.39, 0.29) is 11.9 Å². The number of carbonyl (C=O) groups is 3. The molecule has 0 fully saturated rings. The van der Waals surface area contributed by atoms with Crippen molar-refractivity contribution >= 4 is 23.4 Å². The van der Waals surface area contributed by atoms with Gasteiger partial charge in [0.2, 0.25) is 0 Å². The van der Waals surface area contributed by atoms with Gasteiger partial charge in [-0.15, -0.1) is 0 Å². The predicted molar refractivity (Wildman–Crippen MR) is 81.0 cm³/mol. The Morgan fingerprint density at radius 3 is 2.38 bits per heavy atom. The molecule has 6 heteroatoms. The Bertz CT molecular complexity index is 527. The highest BCUT2D eigenvalue weighted by Gasteiger charge is 2.17. The summed E-state index contributed by atoms with van der Waals surface area (Å²) in [5, 5.41) is 7.69. The first-order valence-electron chi connectivity index (χ1n) is 6.94. The van der Waals surface area contributed by atoms with Crippen molar-refractivity contribution in [3.63, 3.8) is 0 Å². The van der Waals surface area contributed by atoms with E-state index in [0.29, 0.717) is 17.8 Å². The summed E-state index contributed by atoms with van der Waals surface area (Å²) in [6, 6.07) is 6.54. The van der Waals surface area contributed by atoms with Crippen LogP contribution in [0.5, 0.6) is 0 Å². The molecule has 1 aromatic rings. The molecule has 0 aliphatic heterocycles. The normalized spacial score (nSPS) is 10.1. The molecular formula is C15H21N3O3. The van der Waals surface area contributed by atoms with Crippen molar-refractivity contribution in [1.29, 1.82) is 0 Å². The van der Waals surface area contributed by atoms with E-state index in [4.69, 9.17) is 0 Å². The number of hydrogen-bond acceptors (Lipinski definition) is 3. The third kappa shape index (κ3) is 5.25. The lowest BCUT2D eigenvalue weighted by atomic mass is 10.1. The number of hydrogen-bond donors (Lipinski definition) is 3. The van der Waals surface area contributed by atoms with Crippen LogP contribution in [0.4, 0.5) is 5.69 Å².